The van der Waals surface area contributed by atoms with E-state index in [1.807, 2.05) is 6.92 Å². The molecule has 1 amide bonds. The maximum absolute atomic E-state index is 13.6. The number of ether oxygens (including phenoxy) is 1. The smallest absolute Gasteiger partial charge is 0.336 e. The van der Waals surface area contributed by atoms with Crippen molar-refractivity contribution in [2.45, 2.75) is 20.3 Å². The Morgan fingerprint density at radius 3 is 2.62 bits per heavy atom. The minimum absolute atomic E-state index is 0.0578. The zero-order valence-corrected chi connectivity index (χ0v) is 14.6. The van der Waals surface area contributed by atoms with Crippen LogP contribution in [0.4, 0.5) is 10.1 Å². The van der Waals surface area contributed by atoms with Crippen LogP contribution < -0.4 is 10.1 Å². The van der Waals surface area contributed by atoms with E-state index in [1.165, 1.54) is 12.1 Å². The van der Waals surface area contributed by atoms with Crippen molar-refractivity contribution in [3.05, 3.63) is 54.3 Å². The summed E-state index contributed by atoms with van der Waals surface area (Å²) in [5.74, 6) is 0.0588. The Kier molecular flexibility index (Phi) is 5.26. The van der Waals surface area contributed by atoms with E-state index in [0.717, 1.165) is 5.69 Å². The first-order chi connectivity index (χ1) is 12.6. The third-order valence-corrected chi connectivity index (χ3v) is 3.66. The van der Waals surface area contributed by atoms with Crippen molar-refractivity contribution >= 4 is 11.6 Å². The average molecular weight is 354 g/mol. The molecule has 2 aromatic carbocycles. The summed E-state index contributed by atoms with van der Waals surface area (Å²) in [4.78, 5) is 15.9. The van der Waals surface area contributed by atoms with Crippen LogP contribution in [0.25, 0.3) is 17.1 Å². The number of amides is 1. The average Bonchev–Trinajstić information content (AvgIpc) is 3.06. The molecule has 0 aliphatic rings. The Morgan fingerprint density at radius 2 is 1.96 bits per heavy atom. The number of aromatic nitrogens is 3. The SMILES string of the molecule is CCOc1nc(-c2cccc(F)c2)n(-c2ccc(NC(=O)CC)cc2)n1. The van der Waals surface area contributed by atoms with Crippen LogP contribution >= 0.6 is 0 Å². The number of hydrogen-bond acceptors (Lipinski definition) is 4. The van der Waals surface area contributed by atoms with Crippen LogP contribution in [-0.2, 0) is 4.79 Å². The lowest BCUT2D eigenvalue weighted by molar-refractivity contribution is -0.115. The van der Waals surface area contributed by atoms with E-state index in [9.17, 15) is 9.18 Å². The fraction of sp³-hybridized carbons (Fsp3) is 0.211. The summed E-state index contributed by atoms with van der Waals surface area (Å²) < 4.78 is 20.6. The molecule has 0 saturated carbocycles. The van der Waals surface area contributed by atoms with Gasteiger partial charge in [0.25, 0.3) is 0 Å². The molecule has 0 aliphatic carbocycles. The zero-order valence-electron chi connectivity index (χ0n) is 14.6. The Bertz CT molecular complexity index is 906. The fourth-order valence-electron chi connectivity index (χ4n) is 2.41. The second kappa shape index (κ2) is 7.77. The van der Waals surface area contributed by atoms with Crippen LogP contribution in [0.15, 0.2) is 48.5 Å². The number of nitrogens with zero attached hydrogens (tertiary/aromatic N) is 3. The minimum Gasteiger partial charge on any atom is -0.463 e. The Balaban J connectivity index is 1.99. The monoisotopic (exact) mass is 354 g/mol. The summed E-state index contributed by atoms with van der Waals surface area (Å²) in [6, 6.07) is 13.5. The molecule has 26 heavy (non-hydrogen) atoms. The van der Waals surface area contributed by atoms with E-state index in [1.54, 1.807) is 48.0 Å². The molecule has 7 heteroatoms. The summed E-state index contributed by atoms with van der Waals surface area (Å²) in [6.45, 7) is 4.06. The second-order valence-electron chi connectivity index (χ2n) is 5.52. The first-order valence-corrected chi connectivity index (χ1v) is 8.36. The lowest BCUT2D eigenvalue weighted by Gasteiger charge is -2.08. The molecule has 1 N–H and O–H groups in total. The third kappa shape index (κ3) is 3.88. The van der Waals surface area contributed by atoms with Gasteiger partial charge in [0.2, 0.25) is 5.91 Å². The molecule has 1 heterocycles. The lowest BCUT2D eigenvalue weighted by Crippen LogP contribution is -2.09. The van der Waals surface area contributed by atoms with E-state index in [2.05, 4.69) is 15.4 Å². The highest BCUT2D eigenvalue weighted by Gasteiger charge is 2.15. The molecule has 134 valence electrons. The summed E-state index contributed by atoms with van der Waals surface area (Å²) in [5, 5.41) is 7.15. The number of hydrogen-bond donors (Lipinski definition) is 1. The normalized spacial score (nSPS) is 10.6. The minimum atomic E-state index is -0.354. The van der Waals surface area contributed by atoms with Gasteiger partial charge in [-0.3, -0.25) is 4.79 Å². The van der Waals surface area contributed by atoms with E-state index in [4.69, 9.17) is 4.74 Å². The second-order valence-corrected chi connectivity index (χ2v) is 5.52. The van der Waals surface area contributed by atoms with Crippen molar-refractivity contribution in [1.29, 1.82) is 0 Å². The Morgan fingerprint density at radius 1 is 1.19 bits per heavy atom. The first-order valence-electron chi connectivity index (χ1n) is 8.36. The molecular weight excluding hydrogens is 335 g/mol. The molecule has 0 aliphatic heterocycles. The van der Waals surface area contributed by atoms with Crippen LogP contribution in [0.3, 0.4) is 0 Å². The number of rotatable bonds is 6. The van der Waals surface area contributed by atoms with Gasteiger partial charge in [0.05, 0.1) is 12.3 Å². The number of nitrogens with one attached hydrogen (secondary N) is 1. The van der Waals surface area contributed by atoms with E-state index in [0.29, 0.717) is 30.1 Å². The molecule has 0 unspecified atom stereocenters. The van der Waals surface area contributed by atoms with Gasteiger partial charge in [0, 0.05) is 17.7 Å². The van der Waals surface area contributed by atoms with Gasteiger partial charge in [-0.1, -0.05) is 19.1 Å². The maximum atomic E-state index is 13.6. The van der Waals surface area contributed by atoms with Crippen molar-refractivity contribution in [2.24, 2.45) is 0 Å². The third-order valence-electron chi connectivity index (χ3n) is 3.66. The van der Waals surface area contributed by atoms with Gasteiger partial charge in [0.1, 0.15) is 5.82 Å². The van der Waals surface area contributed by atoms with Crippen molar-refractivity contribution in [3.63, 3.8) is 0 Å². The van der Waals surface area contributed by atoms with Gasteiger partial charge in [-0.15, -0.1) is 5.10 Å². The Hall–Kier alpha value is -3.22. The highest BCUT2D eigenvalue weighted by atomic mass is 19.1. The lowest BCUT2D eigenvalue weighted by atomic mass is 10.2. The summed E-state index contributed by atoms with van der Waals surface area (Å²) in [5.41, 5.74) is 2.00. The molecule has 0 radical (unpaired) electrons. The first kappa shape index (κ1) is 17.6. The van der Waals surface area contributed by atoms with Gasteiger partial charge >= 0.3 is 6.01 Å². The molecule has 0 saturated heterocycles. The van der Waals surface area contributed by atoms with E-state index < -0.39 is 0 Å². The van der Waals surface area contributed by atoms with E-state index in [-0.39, 0.29) is 17.7 Å². The molecule has 3 rings (SSSR count). The van der Waals surface area contributed by atoms with Crippen molar-refractivity contribution < 1.29 is 13.9 Å². The maximum Gasteiger partial charge on any atom is 0.336 e. The fourth-order valence-corrected chi connectivity index (χ4v) is 2.41. The summed E-state index contributed by atoms with van der Waals surface area (Å²) in [7, 11) is 0. The quantitative estimate of drug-likeness (QED) is 0.731. The molecule has 0 fully saturated rings. The molecule has 0 atom stereocenters. The van der Waals surface area contributed by atoms with Crippen LogP contribution in [-0.4, -0.2) is 27.3 Å². The van der Waals surface area contributed by atoms with Crippen LogP contribution in [0, 0.1) is 5.82 Å². The molecule has 3 aromatic rings. The van der Waals surface area contributed by atoms with Gasteiger partial charge < -0.3 is 10.1 Å². The Labute approximate surface area is 150 Å². The standard InChI is InChI=1S/C19H19FN4O2/c1-3-17(25)21-15-8-10-16(11-9-15)24-18(22-19(23-24)26-4-2)13-6-5-7-14(20)12-13/h5-12H,3-4H2,1-2H3,(H,21,25). The van der Waals surface area contributed by atoms with Crippen molar-refractivity contribution in [3.8, 4) is 23.1 Å². The largest absolute Gasteiger partial charge is 0.463 e. The predicted octanol–water partition coefficient (Wildman–Crippen LogP) is 3.82. The van der Waals surface area contributed by atoms with E-state index >= 15 is 0 Å². The number of halogens is 1. The molecule has 6 nitrogen and oxygen atoms in total. The zero-order chi connectivity index (χ0) is 18.5. The molecule has 0 spiro atoms. The summed E-state index contributed by atoms with van der Waals surface area (Å²) >= 11 is 0. The van der Waals surface area contributed by atoms with Gasteiger partial charge in [-0.2, -0.15) is 4.98 Å². The van der Waals surface area contributed by atoms with Crippen molar-refractivity contribution in [1.82, 2.24) is 14.8 Å². The molecular formula is C19H19FN4O2. The number of anilines is 1. The molecule has 1 aromatic heterocycles. The molecule has 0 bridgehead atoms. The van der Waals surface area contributed by atoms with Gasteiger partial charge in [0.15, 0.2) is 5.82 Å². The highest BCUT2D eigenvalue weighted by Crippen LogP contribution is 2.25. The topological polar surface area (TPSA) is 69.0 Å². The van der Waals surface area contributed by atoms with Gasteiger partial charge in [-0.05, 0) is 43.3 Å². The van der Waals surface area contributed by atoms with Crippen LogP contribution in [0.5, 0.6) is 6.01 Å². The van der Waals surface area contributed by atoms with Crippen LogP contribution in [0.2, 0.25) is 0 Å². The highest BCUT2D eigenvalue weighted by molar-refractivity contribution is 5.90. The number of benzene rings is 2. The van der Waals surface area contributed by atoms with Crippen LogP contribution in [0.1, 0.15) is 20.3 Å². The predicted molar refractivity (Wildman–Crippen MR) is 96.8 cm³/mol. The number of carbonyl (C=O) groups is 1. The number of carbonyl (C=O) groups excluding carboxylic acids is 1. The summed E-state index contributed by atoms with van der Waals surface area (Å²) in [6.07, 6.45) is 0.409. The van der Waals surface area contributed by atoms with Crippen molar-refractivity contribution in [2.75, 3.05) is 11.9 Å². The van der Waals surface area contributed by atoms with Gasteiger partial charge in [-0.25, -0.2) is 9.07 Å².